The van der Waals surface area contributed by atoms with Crippen LogP contribution in [0.5, 0.6) is 0 Å². The van der Waals surface area contributed by atoms with Crippen LogP contribution >= 0.6 is 23.4 Å². The molecule has 10 heteroatoms. The molecule has 0 aliphatic carbocycles. The van der Waals surface area contributed by atoms with Gasteiger partial charge < -0.3 is 10.2 Å². The molecular weight excluding hydrogens is 552 g/mol. The molecule has 4 rings (SSSR count). The van der Waals surface area contributed by atoms with E-state index in [4.69, 9.17) is 11.6 Å². The first-order chi connectivity index (χ1) is 18.7. The lowest BCUT2D eigenvalue weighted by molar-refractivity contribution is -0.157. The number of Topliss-reactive ketones (excluding diaryl/α,β-unsaturated/α-hetero) is 1. The SMILES string of the molecule is CC(=O)C(C(=O)O)[C@H](N[N@+]1(CC(C)(C)C)C(=O)CS[C@H](c2cccc3ccccc23)c2cc(Cl)ccc21)C(=O)O. The van der Waals surface area contributed by atoms with Gasteiger partial charge in [-0.1, -0.05) is 74.8 Å². The molecule has 210 valence electrons. The molecule has 0 fully saturated rings. The van der Waals surface area contributed by atoms with Crippen LogP contribution in [0.25, 0.3) is 10.8 Å². The van der Waals surface area contributed by atoms with Crippen molar-refractivity contribution in [2.45, 2.75) is 39.0 Å². The second kappa shape index (κ2) is 11.3. The Hall–Kier alpha value is -3.24. The lowest BCUT2D eigenvalue weighted by Gasteiger charge is -2.41. The van der Waals surface area contributed by atoms with Crippen LogP contribution in [0, 0.1) is 11.3 Å². The van der Waals surface area contributed by atoms with E-state index in [-0.39, 0.29) is 23.5 Å². The summed E-state index contributed by atoms with van der Waals surface area (Å²) in [7, 11) is 0. The van der Waals surface area contributed by atoms with Crippen molar-refractivity contribution in [3.63, 3.8) is 0 Å². The van der Waals surface area contributed by atoms with Gasteiger partial charge in [-0.25, -0.2) is 4.79 Å². The van der Waals surface area contributed by atoms with Gasteiger partial charge in [0.15, 0.2) is 11.7 Å². The molecule has 0 bridgehead atoms. The molecule has 40 heavy (non-hydrogen) atoms. The molecule has 1 amide bonds. The van der Waals surface area contributed by atoms with E-state index >= 15 is 0 Å². The average molecular weight is 584 g/mol. The number of aliphatic carboxylic acids is 2. The number of rotatable bonds is 8. The van der Waals surface area contributed by atoms with Crippen LogP contribution in [0.2, 0.25) is 5.02 Å². The van der Waals surface area contributed by atoms with Gasteiger partial charge >= 0.3 is 17.8 Å². The Morgan fingerprint density at radius 3 is 2.33 bits per heavy atom. The number of nitrogens with one attached hydrogen (secondary N) is 1. The van der Waals surface area contributed by atoms with Gasteiger partial charge in [0.25, 0.3) is 0 Å². The summed E-state index contributed by atoms with van der Waals surface area (Å²) in [5.74, 6) is -6.22. The van der Waals surface area contributed by atoms with Gasteiger partial charge in [0.1, 0.15) is 24.0 Å². The summed E-state index contributed by atoms with van der Waals surface area (Å²) in [6.45, 7) is 6.86. The fourth-order valence-electron chi connectivity index (χ4n) is 5.44. The zero-order valence-corrected chi connectivity index (χ0v) is 24.3. The van der Waals surface area contributed by atoms with Crippen LogP contribution in [-0.2, 0) is 19.2 Å². The highest BCUT2D eigenvalue weighted by Crippen LogP contribution is 2.48. The zero-order valence-electron chi connectivity index (χ0n) is 22.7. The van der Waals surface area contributed by atoms with E-state index in [0.29, 0.717) is 16.3 Å². The van der Waals surface area contributed by atoms with Gasteiger partial charge in [0, 0.05) is 22.1 Å². The molecule has 0 aromatic heterocycles. The van der Waals surface area contributed by atoms with Gasteiger partial charge in [-0.3, -0.25) is 14.4 Å². The molecular formula is C30H32ClN2O6S+. The summed E-state index contributed by atoms with van der Waals surface area (Å²) < 4.78 is -0.654. The number of benzene rings is 3. The monoisotopic (exact) mass is 583 g/mol. The summed E-state index contributed by atoms with van der Waals surface area (Å²) in [6, 6.07) is 17.1. The smallest absolute Gasteiger partial charge is 0.347 e. The lowest BCUT2D eigenvalue weighted by atomic mass is 9.92. The fraction of sp³-hybridized carbons (Fsp3) is 0.333. The number of carbonyl (C=O) groups excluding carboxylic acids is 2. The summed E-state index contributed by atoms with van der Waals surface area (Å²) in [5, 5.41) is 22.1. The normalized spacial score (nSPS) is 20.8. The average Bonchev–Trinajstić information content (AvgIpc) is 2.96. The van der Waals surface area contributed by atoms with Gasteiger partial charge in [-0.05, 0) is 35.4 Å². The number of halogens is 1. The Kier molecular flexibility index (Phi) is 8.42. The summed E-state index contributed by atoms with van der Waals surface area (Å²) >= 11 is 7.92. The molecule has 0 saturated heterocycles. The summed E-state index contributed by atoms with van der Waals surface area (Å²) in [4.78, 5) is 51.2. The third-order valence-electron chi connectivity index (χ3n) is 6.96. The molecule has 1 aliphatic heterocycles. The molecule has 3 aromatic rings. The molecule has 0 saturated carbocycles. The van der Waals surface area contributed by atoms with E-state index in [9.17, 15) is 29.4 Å². The number of thioether (sulfide) groups is 1. The van der Waals surface area contributed by atoms with Crippen molar-refractivity contribution in [3.05, 3.63) is 76.8 Å². The summed E-state index contributed by atoms with van der Waals surface area (Å²) in [5.41, 5.74) is 4.50. The van der Waals surface area contributed by atoms with E-state index in [0.717, 1.165) is 23.3 Å². The van der Waals surface area contributed by atoms with Crippen molar-refractivity contribution in [2.75, 3.05) is 12.3 Å². The van der Waals surface area contributed by atoms with Crippen LogP contribution in [0.3, 0.4) is 0 Å². The van der Waals surface area contributed by atoms with E-state index in [1.54, 1.807) is 18.2 Å². The highest BCUT2D eigenvalue weighted by atomic mass is 35.5. The number of fused-ring (bicyclic) bond motifs is 2. The van der Waals surface area contributed by atoms with E-state index in [1.165, 1.54) is 11.8 Å². The van der Waals surface area contributed by atoms with Crippen LogP contribution < -0.4 is 10.0 Å². The number of carbonyl (C=O) groups is 4. The predicted octanol–water partition coefficient (Wildman–Crippen LogP) is 5.46. The number of carboxylic acids is 2. The molecule has 1 unspecified atom stereocenters. The topological polar surface area (TPSA) is 121 Å². The minimum absolute atomic E-state index is 0.00653. The highest BCUT2D eigenvalue weighted by molar-refractivity contribution is 8.00. The Morgan fingerprint density at radius 2 is 1.70 bits per heavy atom. The van der Waals surface area contributed by atoms with Gasteiger partial charge in [-0.2, -0.15) is 0 Å². The molecule has 1 heterocycles. The first-order valence-electron chi connectivity index (χ1n) is 12.8. The number of ketones is 1. The van der Waals surface area contributed by atoms with Crippen molar-refractivity contribution in [1.82, 2.24) is 10.0 Å². The first-order valence-corrected chi connectivity index (χ1v) is 14.2. The maximum atomic E-state index is 14.3. The lowest BCUT2D eigenvalue weighted by Crippen LogP contribution is -2.72. The Bertz CT molecular complexity index is 1480. The van der Waals surface area contributed by atoms with Gasteiger partial charge in [0.2, 0.25) is 0 Å². The van der Waals surface area contributed by atoms with Crippen LogP contribution in [0.1, 0.15) is 44.1 Å². The number of nitrogens with zero attached hydrogens (tertiary/aromatic N) is 1. The number of hydrogen-bond donors (Lipinski definition) is 3. The van der Waals surface area contributed by atoms with Gasteiger partial charge in [-0.15, -0.1) is 21.8 Å². The number of hydrogen-bond acceptors (Lipinski definition) is 6. The number of quaternary nitrogens is 1. The van der Waals surface area contributed by atoms with E-state index in [2.05, 4.69) is 5.43 Å². The molecule has 3 N–H and O–H groups in total. The van der Waals surface area contributed by atoms with Crippen molar-refractivity contribution in [3.8, 4) is 0 Å². The van der Waals surface area contributed by atoms with Crippen LogP contribution in [-0.4, -0.2) is 52.2 Å². The Morgan fingerprint density at radius 1 is 1.02 bits per heavy atom. The Balaban J connectivity index is 2.01. The molecule has 0 spiro atoms. The number of carboxylic acid groups (broad SMARTS) is 2. The molecule has 0 radical (unpaired) electrons. The number of amides is 1. The zero-order chi connectivity index (χ0) is 29.4. The van der Waals surface area contributed by atoms with E-state index < -0.39 is 39.7 Å². The van der Waals surface area contributed by atoms with Crippen molar-refractivity contribution >= 4 is 63.5 Å². The fourth-order valence-corrected chi connectivity index (χ4v) is 6.90. The van der Waals surface area contributed by atoms with Crippen molar-refractivity contribution < 1.29 is 29.4 Å². The molecule has 3 aromatic carbocycles. The minimum Gasteiger partial charge on any atom is -0.481 e. The van der Waals surface area contributed by atoms with Crippen molar-refractivity contribution in [1.29, 1.82) is 0 Å². The van der Waals surface area contributed by atoms with Crippen LogP contribution in [0.15, 0.2) is 60.7 Å². The predicted molar refractivity (Wildman–Crippen MR) is 157 cm³/mol. The Labute approximate surface area is 241 Å². The third kappa shape index (κ3) is 5.78. The van der Waals surface area contributed by atoms with Crippen molar-refractivity contribution in [2.24, 2.45) is 11.3 Å². The highest BCUT2D eigenvalue weighted by Gasteiger charge is 2.53. The maximum absolute atomic E-state index is 14.3. The summed E-state index contributed by atoms with van der Waals surface area (Å²) in [6.07, 6.45) is 0. The minimum atomic E-state index is -1.90. The first kappa shape index (κ1) is 29.7. The maximum Gasteiger partial charge on any atom is 0.347 e. The standard InChI is InChI=1S/C30H31ClN2O6S/c1-17(34)25(28(36)37)26(29(38)39)32-33(16-30(2,3)4)23-13-12-19(31)14-22(23)27(40-15-24(33)35)21-11-7-9-18-8-5-6-10-20(18)21/h5-14,25-27,32H,15-16H2,1-4H3,(H-,36,37,38,39)/p+1/t25?,26-,27+,33-/m0/s1. The molecule has 8 nitrogen and oxygen atoms in total. The van der Waals surface area contributed by atoms with Gasteiger partial charge in [0.05, 0.1) is 5.25 Å². The van der Waals surface area contributed by atoms with Crippen LogP contribution in [0.4, 0.5) is 5.69 Å². The molecule has 1 aliphatic rings. The second-order valence-electron chi connectivity index (χ2n) is 11.3. The second-order valence-corrected chi connectivity index (χ2v) is 12.8. The van der Waals surface area contributed by atoms with E-state index in [1.807, 2.05) is 63.2 Å². The third-order valence-corrected chi connectivity index (χ3v) is 8.45. The largest absolute Gasteiger partial charge is 0.481 e. The quantitative estimate of drug-likeness (QED) is 0.236. The molecule has 4 atom stereocenters.